The summed E-state index contributed by atoms with van der Waals surface area (Å²) in [5, 5.41) is 6.18. The molecule has 0 spiro atoms. The summed E-state index contributed by atoms with van der Waals surface area (Å²) in [6.07, 6.45) is -1.34. The van der Waals surface area contributed by atoms with Gasteiger partial charge in [-0.3, -0.25) is 14.7 Å². The van der Waals surface area contributed by atoms with E-state index in [1.54, 1.807) is 12.3 Å². The average Bonchev–Trinajstić information content (AvgIpc) is 3.00. The fourth-order valence-corrected chi connectivity index (χ4v) is 5.33. The first kappa shape index (κ1) is 30.7. The molecule has 230 valence electrons. The summed E-state index contributed by atoms with van der Waals surface area (Å²) in [6, 6.07) is 8.93. The first-order valence-corrected chi connectivity index (χ1v) is 14.5. The lowest BCUT2D eigenvalue weighted by atomic mass is 10.0. The van der Waals surface area contributed by atoms with Crippen molar-refractivity contribution in [1.29, 1.82) is 0 Å². The van der Waals surface area contributed by atoms with Crippen molar-refractivity contribution in [2.75, 3.05) is 62.8 Å². The summed E-state index contributed by atoms with van der Waals surface area (Å²) >= 11 is 0. The highest BCUT2D eigenvalue weighted by Gasteiger charge is 2.31. The molecule has 2 atom stereocenters. The number of amides is 1. The van der Waals surface area contributed by atoms with Gasteiger partial charge in [-0.1, -0.05) is 6.07 Å². The number of ether oxygens (including phenoxy) is 2. The predicted octanol–water partition coefficient (Wildman–Crippen LogP) is 4.62. The van der Waals surface area contributed by atoms with Crippen molar-refractivity contribution >= 4 is 17.3 Å². The zero-order chi connectivity index (χ0) is 30.6. The Morgan fingerprint density at radius 3 is 2.70 bits per heavy atom. The summed E-state index contributed by atoms with van der Waals surface area (Å²) in [4.78, 5) is 26.6. The molecule has 9 nitrogen and oxygen atoms in total. The second-order valence-corrected chi connectivity index (χ2v) is 11.0. The third-order valence-corrected chi connectivity index (χ3v) is 7.80. The van der Waals surface area contributed by atoms with Gasteiger partial charge in [0.1, 0.15) is 12.3 Å². The number of aromatic nitrogens is 2. The van der Waals surface area contributed by atoms with Crippen LogP contribution in [0.1, 0.15) is 35.5 Å². The first-order valence-electron chi connectivity index (χ1n) is 14.5. The van der Waals surface area contributed by atoms with Crippen LogP contribution in [-0.2, 0) is 10.9 Å². The van der Waals surface area contributed by atoms with Gasteiger partial charge < -0.3 is 25.0 Å². The van der Waals surface area contributed by atoms with Crippen molar-refractivity contribution in [2.45, 2.75) is 39.0 Å². The van der Waals surface area contributed by atoms with Gasteiger partial charge in [0.2, 0.25) is 5.88 Å². The number of carbonyl (C=O) groups excluding carboxylic acids is 1. The molecule has 0 radical (unpaired) electrons. The van der Waals surface area contributed by atoms with Crippen molar-refractivity contribution in [2.24, 2.45) is 0 Å². The normalized spacial score (nSPS) is 19.7. The van der Waals surface area contributed by atoms with Gasteiger partial charge in [0.15, 0.2) is 0 Å². The van der Waals surface area contributed by atoms with E-state index < -0.39 is 17.6 Å². The van der Waals surface area contributed by atoms with Crippen molar-refractivity contribution in [3.63, 3.8) is 0 Å². The second-order valence-electron chi connectivity index (χ2n) is 11.0. The van der Waals surface area contributed by atoms with Crippen LogP contribution in [0.4, 0.5) is 24.5 Å². The van der Waals surface area contributed by atoms with E-state index in [9.17, 15) is 18.0 Å². The fourth-order valence-electron chi connectivity index (χ4n) is 5.33. The minimum Gasteiger partial charge on any atom is -0.475 e. The molecule has 1 amide bonds. The van der Waals surface area contributed by atoms with Gasteiger partial charge in [-0.25, -0.2) is 4.98 Å². The Balaban J connectivity index is 1.36. The largest absolute Gasteiger partial charge is 0.475 e. The topological polar surface area (TPSA) is 91.8 Å². The Hall–Kier alpha value is -3.74. The summed E-state index contributed by atoms with van der Waals surface area (Å²) in [6.45, 7) is 12.0. The third-order valence-electron chi connectivity index (χ3n) is 7.80. The molecule has 2 saturated heterocycles. The number of rotatable bonds is 8. The van der Waals surface area contributed by atoms with Crippen LogP contribution in [0.3, 0.4) is 0 Å². The Morgan fingerprint density at radius 1 is 1.14 bits per heavy atom. The quantitative estimate of drug-likeness (QED) is 0.388. The van der Waals surface area contributed by atoms with Gasteiger partial charge >= 0.3 is 6.18 Å². The number of benzene rings is 1. The van der Waals surface area contributed by atoms with Gasteiger partial charge in [-0.2, -0.15) is 13.2 Å². The molecule has 0 aliphatic carbocycles. The number of aryl methyl sites for hydroxylation is 1. The van der Waals surface area contributed by atoms with Gasteiger partial charge in [0.25, 0.3) is 5.91 Å². The number of carbonyl (C=O) groups is 1. The number of hydrogen-bond donors (Lipinski definition) is 2. The number of halogens is 3. The molecule has 2 fully saturated rings. The van der Waals surface area contributed by atoms with E-state index in [-0.39, 0.29) is 5.56 Å². The Bertz CT molecular complexity index is 1430. The lowest BCUT2D eigenvalue weighted by Gasteiger charge is -2.37. The molecule has 3 aromatic rings. The highest BCUT2D eigenvalue weighted by Crippen LogP contribution is 2.34. The Labute approximate surface area is 249 Å². The Morgan fingerprint density at radius 2 is 1.93 bits per heavy atom. The van der Waals surface area contributed by atoms with Gasteiger partial charge in [0.05, 0.1) is 30.7 Å². The highest BCUT2D eigenvalue weighted by atomic mass is 19.4. The van der Waals surface area contributed by atoms with Crippen LogP contribution in [0.15, 0.2) is 48.8 Å². The second kappa shape index (κ2) is 13.3. The number of hydrogen-bond acceptors (Lipinski definition) is 8. The van der Waals surface area contributed by atoms with E-state index in [2.05, 4.69) is 39.3 Å². The van der Waals surface area contributed by atoms with Gasteiger partial charge in [0, 0.05) is 73.4 Å². The zero-order valence-corrected chi connectivity index (χ0v) is 24.6. The van der Waals surface area contributed by atoms with Gasteiger partial charge in [-0.05, 0) is 51.1 Å². The maximum absolute atomic E-state index is 13.2. The van der Waals surface area contributed by atoms with E-state index in [0.29, 0.717) is 62.3 Å². The van der Waals surface area contributed by atoms with Crippen molar-refractivity contribution < 1.29 is 27.4 Å². The molecular weight excluding hydrogens is 561 g/mol. The lowest BCUT2D eigenvalue weighted by molar-refractivity contribution is -0.137. The molecule has 2 N–H and O–H groups in total. The summed E-state index contributed by atoms with van der Waals surface area (Å²) in [5.41, 5.74) is 2.44. The smallest absolute Gasteiger partial charge is 0.416 e. The molecule has 2 aliphatic heterocycles. The average molecular weight is 599 g/mol. The fraction of sp³-hybridized carbons (Fsp3) is 0.452. The number of piperazine rings is 1. The summed E-state index contributed by atoms with van der Waals surface area (Å²) < 4.78 is 51.3. The van der Waals surface area contributed by atoms with Crippen LogP contribution in [-0.4, -0.2) is 85.4 Å². The lowest BCUT2D eigenvalue weighted by Crippen LogP contribution is -2.55. The molecule has 2 aromatic heterocycles. The van der Waals surface area contributed by atoms with Crippen LogP contribution < -0.4 is 20.3 Å². The number of nitrogens with one attached hydrogen (secondary N) is 2. The van der Waals surface area contributed by atoms with Crippen LogP contribution in [0.5, 0.6) is 5.88 Å². The zero-order valence-electron chi connectivity index (χ0n) is 24.6. The molecule has 2 unspecified atom stereocenters. The molecule has 1 aromatic carbocycles. The molecule has 0 bridgehead atoms. The monoisotopic (exact) mass is 598 g/mol. The number of anilines is 2. The predicted molar refractivity (Wildman–Crippen MR) is 159 cm³/mol. The van der Waals surface area contributed by atoms with Crippen LogP contribution >= 0.6 is 0 Å². The van der Waals surface area contributed by atoms with E-state index >= 15 is 0 Å². The summed E-state index contributed by atoms with van der Waals surface area (Å²) in [7, 11) is 0. The first-order chi connectivity index (χ1) is 20.6. The van der Waals surface area contributed by atoms with E-state index in [4.69, 9.17) is 14.5 Å². The van der Waals surface area contributed by atoms with Crippen molar-refractivity contribution in [1.82, 2.24) is 20.2 Å². The van der Waals surface area contributed by atoms with Crippen molar-refractivity contribution in [3.8, 4) is 17.0 Å². The maximum atomic E-state index is 13.2. The number of alkyl halides is 3. The third kappa shape index (κ3) is 7.62. The molecule has 2 aliphatic rings. The minimum absolute atomic E-state index is 0.0978. The van der Waals surface area contributed by atoms with Crippen LogP contribution in [0, 0.1) is 6.92 Å². The van der Waals surface area contributed by atoms with E-state index in [1.165, 1.54) is 18.3 Å². The molecule has 0 saturated carbocycles. The molecule has 43 heavy (non-hydrogen) atoms. The molecule has 5 rings (SSSR count). The number of nitrogens with zero attached hydrogens (tertiary/aromatic N) is 4. The van der Waals surface area contributed by atoms with Crippen LogP contribution in [0.2, 0.25) is 0 Å². The minimum atomic E-state index is -4.54. The van der Waals surface area contributed by atoms with Crippen molar-refractivity contribution in [3.05, 3.63) is 65.6 Å². The standard InChI is InChI=1S/C31H37F3N6O3/c1-20-19-40(21(2)16-35-20)9-12-43-30-28(39-7-10-42-11-8-39)14-24(17-37-30)27-15-26(18-36-22(27)3)38-29(41)23-5-4-6-25(13-23)31(32,33)34/h4-6,13-15,17-18,20-21,35H,7-12,16,19H2,1-3H3,(H,38,41). The summed E-state index contributed by atoms with van der Waals surface area (Å²) in [5.74, 6) is -0.118. The Kier molecular flexibility index (Phi) is 9.48. The van der Waals surface area contributed by atoms with Crippen LogP contribution in [0.25, 0.3) is 11.1 Å². The number of pyridine rings is 2. The molecular formula is C31H37F3N6O3. The highest BCUT2D eigenvalue weighted by molar-refractivity contribution is 6.04. The van der Waals surface area contributed by atoms with E-state index in [0.717, 1.165) is 48.6 Å². The molecule has 4 heterocycles. The SMILES string of the molecule is Cc1ncc(NC(=O)c2cccc(C(F)(F)F)c2)cc1-c1cnc(OCCN2CC(C)NCC2C)c(N2CCOCC2)c1. The van der Waals surface area contributed by atoms with Gasteiger partial charge in [-0.15, -0.1) is 0 Å². The maximum Gasteiger partial charge on any atom is 0.416 e. The van der Waals surface area contributed by atoms with E-state index in [1.807, 2.05) is 13.0 Å². The number of morpholine rings is 1. The molecule has 12 heteroatoms.